The summed E-state index contributed by atoms with van der Waals surface area (Å²) in [6.45, 7) is 1.81. The number of halogens is 2. The number of hydrogen-bond acceptors (Lipinski definition) is 6. The Hall–Kier alpha value is 0.340. The zero-order chi connectivity index (χ0) is 10.6. The summed E-state index contributed by atoms with van der Waals surface area (Å²) in [6.07, 6.45) is -0.861. The second-order valence-electron chi connectivity index (χ2n) is 3.54. The molecule has 0 aliphatic carbocycles. The molecule has 0 saturated carbocycles. The number of aliphatic hydroxyl groups is 2. The molecule has 2 rings (SSSR count). The van der Waals surface area contributed by atoms with Crippen molar-refractivity contribution in [3.8, 4) is 0 Å². The maximum Gasteiger partial charge on any atom is 0.0946 e. The van der Waals surface area contributed by atoms with Gasteiger partial charge >= 0.3 is 0 Å². The van der Waals surface area contributed by atoms with Crippen molar-refractivity contribution in [1.29, 1.82) is 0 Å². The van der Waals surface area contributed by atoms with Crippen molar-refractivity contribution < 1.29 is 19.7 Å². The fourth-order valence-electron chi connectivity index (χ4n) is 1.12. The highest BCUT2D eigenvalue weighted by molar-refractivity contribution is 5.85. The molecule has 2 heterocycles. The van der Waals surface area contributed by atoms with Crippen molar-refractivity contribution in [1.82, 2.24) is 0 Å². The average molecular weight is 279 g/mol. The molecule has 2 aliphatic heterocycles. The van der Waals surface area contributed by atoms with E-state index in [9.17, 15) is 0 Å². The van der Waals surface area contributed by atoms with Gasteiger partial charge in [-0.15, -0.1) is 24.8 Å². The summed E-state index contributed by atoms with van der Waals surface area (Å²) in [5, 5.41) is 17.5. The molecule has 0 unspecified atom stereocenters. The molecular formula is C8H20Cl2N2O4. The van der Waals surface area contributed by atoms with E-state index in [0.29, 0.717) is 26.4 Å². The van der Waals surface area contributed by atoms with Crippen LogP contribution < -0.4 is 11.5 Å². The van der Waals surface area contributed by atoms with Gasteiger partial charge in [0.25, 0.3) is 0 Å². The van der Waals surface area contributed by atoms with Crippen LogP contribution in [-0.2, 0) is 9.47 Å². The lowest BCUT2D eigenvalue weighted by atomic mass is 10.2. The molecule has 0 radical (unpaired) electrons. The van der Waals surface area contributed by atoms with Crippen LogP contribution in [0.3, 0.4) is 0 Å². The van der Waals surface area contributed by atoms with E-state index in [0.717, 1.165) is 0 Å². The molecule has 6 nitrogen and oxygen atoms in total. The van der Waals surface area contributed by atoms with Gasteiger partial charge in [0.15, 0.2) is 0 Å². The molecule has 16 heavy (non-hydrogen) atoms. The van der Waals surface area contributed by atoms with Gasteiger partial charge in [0.2, 0.25) is 0 Å². The fraction of sp³-hybridized carbons (Fsp3) is 1.00. The van der Waals surface area contributed by atoms with Crippen molar-refractivity contribution in [2.45, 2.75) is 24.3 Å². The third-order valence-corrected chi connectivity index (χ3v) is 2.19. The molecular weight excluding hydrogens is 259 g/mol. The van der Waals surface area contributed by atoms with Crippen molar-refractivity contribution >= 4 is 24.8 Å². The highest BCUT2D eigenvalue weighted by Gasteiger charge is 2.21. The van der Waals surface area contributed by atoms with Gasteiger partial charge in [0.1, 0.15) is 0 Å². The van der Waals surface area contributed by atoms with E-state index in [-0.39, 0.29) is 36.9 Å². The van der Waals surface area contributed by atoms with Crippen molar-refractivity contribution in [3.63, 3.8) is 0 Å². The minimum absolute atomic E-state index is 0. The molecule has 8 heteroatoms. The normalized spacial score (nSPS) is 36.8. The van der Waals surface area contributed by atoms with E-state index < -0.39 is 12.2 Å². The van der Waals surface area contributed by atoms with E-state index >= 15 is 0 Å². The molecule has 2 aliphatic rings. The number of aliphatic hydroxyl groups excluding tert-OH is 2. The molecule has 0 bridgehead atoms. The number of rotatable bonds is 0. The first kappa shape index (κ1) is 18.7. The lowest BCUT2D eigenvalue weighted by Crippen LogP contribution is -2.32. The maximum absolute atomic E-state index is 8.75. The molecule has 0 aromatic heterocycles. The molecule has 0 aromatic rings. The van der Waals surface area contributed by atoms with Gasteiger partial charge in [-0.1, -0.05) is 0 Å². The number of nitrogens with two attached hydrogens (primary N) is 2. The summed E-state index contributed by atoms with van der Waals surface area (Å²) in [5.74, 6) is 0. The molecule has 4 atom stereocenters. The van der Waals surface area contributed by atoms with E-state index in [4.69, 9.17) is 31.2 Å². The van der Waals surface area contributed by atoms with Gasteiger partial charge in [-0.25, -0.2) is 0 Å². The Morgan fingerprint density at radius 1 is 0.750 bits per heavy atom. The van der Waals surface area contributed by atoms with Crippen LogP contribution in [0.4, 0.5) is 0 Å². The number of hydrogen-bond donors (Lipinski definition) is 4. The van der Waals surface area contributed by atoms with Gasteiger partial charge < -0.3 is 31.2 Å². The topological polar surface area (TPSA) is 111 Å². The Labute approximate surface area is 107 Å². The molecule has 2 saturated heterocycles. The van der Waals surface area contributed by atoms with Crippen molar-refractivity contribution in [3.05, 3.63) is 0 Å². The lowest BCUT2D eigenvalue weighted by molar-refractivity contribution is 0.125. The minimum Gasteiger partial charge on any atom is -0.389 e. The standard InChI is InChI=1S/2C4H9NO2.2ClH/c2*5-3-1-7-2-4(3)6;;/h2*3-4,6H,1-2,5H2;2*1H/t2*3-,4+;;/m10../s1. The Morgan fingerprint density at radius 2 is 1.06 bits per heavy atom. The van der Waals surface area contributed by atoms with Crippen LogP contribution in [0.2, 0.25) is 0 Å². The summed E-state index contributed by atoms with van der Waals surface area (Å²) in [4.78, 5) is 0. The highest BCUT2D eigenvalue weighted by Crippen LogP contribution is 2.00. The Bertz CT molecular complexity index is 144. The molecule has 6 N–H and O–H groups in total. The van der Waals surface area contributed by atoms with Crippen LogP contribution in [0.25, 0.3) is 0 Å². The quantitative estimate of drug-likeness (QED) is 0.418. The molecule has 0 aromatic carbocycles. The first-order valence-corrected chi connectivity index (χ1v) is 4.64. The maximum atomic E-state index is 8.75. The summed E-state index contributed by atoms with van der Waals surface area (Å²) in [5.41, 5.74) is 10.6. The van der Waals surface area contributed by atoms with E-state index in [1.54, 1.807) is 0 Å². The summed E-state index contributed by atoms with van der Waals surface area (Å²) in [7, 11) is 0. The van der Waals surface area contributed by atoms with Crippen LogP contribution in [0.5, 0.6) is 0 Å². The Balaban J connectivity index is 0. The van der Waals surface area contributed by atoms with Crippen molar-refractivity contribution in [2.24, 2.45) is 11.5 Å². The Kier molecular flexibility index (Phi) is 11.0. The predicted molar refractivity (Wildman–Crippen MR) is 64.1 cm³/mol. The molecule has 0 spiro atoms. The zero-order valence-corrected chi connectivity index (χ0v) is 10.5. The second-order valence-corrected chi connectivity index (χ2v) is 3.54. The van der Waals surface area contributed by atoms with Gasteiger partial charge in [0, 0.05) is 0 Å². The van der Waals surface area contributed by atoms with E-state index in [2.05, 4.69) is 0 Å². The smallest absolute Gasteiger partial charge is 0.0946 e. The monoisotopic (exact) mass is 278 g/mol. The molecule has 0 amide bonds. The van der Waals surface area contributed by atoms with E-state index in [1.165, 1.54) is 0 Å². The second kappa shape index (κ2) is 9.38. The first-order valence-electron chi connectivity index (χ1n) is 4.64. The largest absolute Gasteiger partial charge is 0.389 e. The molecule has 2 fully saturated rings. The van der Waals surface area contributed by atoms with Crippen LogP contribution in [-0.4, -0.2) is 60.9 Å². The van der Waals surface area contributed by atoms with Crippen LogP contribution in [0.1, 0.15) is 0 Å². The predicted octanol–water partition coefficient (Wildman–Crippen LogP) is -1.75. The van der Waals surface area contributed by atoms with Crippen LogP contribution in [0, 0.1) is 0 Å². The fourth-order valence-corrected chi connectivity index (χ4v) is 1.12. The first-order chi connectivity index (χ1) is 6.61. The summed E-state index contributed by atoms with van der Waals surface area (Å²) < 4.78 is 9.59. The SMILES string of the molecule is Cl.Cl.N[C@@H]1COC[C@@H]1O.N[C@H]1COC[C@H]1O. The third-order valence-electron chi connectivity index (χ3n) is 2.19. The highest BCUT2D eigenvalue weighted by atomic mass is 35.5. The van der Waals surface area contributed by atoms with E-state index in [1.807, 2.05) is 0 Å². The number of ether oxygens (including phenoxy) is 2. The van der Waals surface area contributed by atoms with Gasteiger partial charge in [-0.05, 0) is 0 Å². The van der Waals surface area contributed by atoms with Gasteiger partial charge in [-0.2, -0.15) is 0 Å². The van der Waals surface area contributed by atoms with Gasteiger partial charge in [-0.3, -0.25) is 0 Å². The average Bonchev–Trinajstić information content (AvgIpc) is 2.67. The van der Waals surface area contributed by atoms with Crippen LogP contribution in [0.15, 0.2) is 0 Å². The lowest BCUT2D eigenvalue weighted by Gasteiger charge is -2.01. The minimum atomic E-state index is -0.431. The van der Waals surface area contributed by atoms with Crippen molar-refractivity contribution in [2.75, 3.05) is 26.4 Å². The van der Waals surface area contributed by atoms with Gasteiger partial charge in [0.05, 0.1) is 50.7 Å². The Morgan fingerprint density at radius 3 is 1.12 bits per heavy atom. The summed E-state index contributed by atoms with van der Waals surface area (Å²) >= 11 is 0. The zero-order valence-electron chi connectivity index (χ0n) is 8.82. The summed E-state index contributed by atoms with van der Waals surface area (Å²) in [6, 6.07) is -0.306. The molecule has 100 valence electrons. The van der Waals surface area contributed by atoms with Crippen LogP contribution >= 0.6 is 24.8 Å². The third kappa shape index (κ3) is 6.17.